The third kappa shape index (κ3) is 1.54. The van der Waals surface area contributed by atoms with Crippen molar-refractivity contribution in [1.29, 1.82) is 5.26 Å². The first-order chi connectivity index (χ1) is 7.27. The smallest absolute Gasteiger partial charge is 0.218 e. The molecular formula is C11H15N3O. The van der Waals surface area contributed by atoms with E-state index in [1.807, 2.05) is 4.57 Å². The largest absolute Gasteiger partial charge is 0.481 e. The maximum absolute atomic E-state index is 9.03. The minimum Gasteiger partial charge on any atom is -0.481 e. The predicted octanol–water partition coefficient (Wildman–Crippen LogP) is 2.07. The highest BCUT2D eigenvalue weighted by Crippen LogP contribution is 2.37. The van der Waals surface area contributed by atoms with Gasteiger partial charge < -0.3 is 10.5 Å². The number of nitrogens with two attached hydrogens (primary N) is 1. The molecule has 0 radical (unpaired) electrons. The van der Waals surface area contributed by atoms with Crippen molar-refractivity contribution >= 4 is 5.69 Å². The van der Waals surface area contributed by atoms with Crippen LogP contribution in [-0.2, 0) is 0 Å². The van der Waals surface area contributed by atoms with Crippen LogP contribution in [0.25, 0.3) is 0 Å². The number of aromatic nitrogens is 1. The van der Waals surface area contributed by atoms with Gasteiger partial charge in [-0.25, -0.2) is 0 Å². The molecule has 1 heterocycles. The Bertz CT molecular complexity index is 397. The molecule has 0 atom stereocenters. The highest BCUT2D eigenvalue weighted by molar-refractivity contribution is 5.55. The van der Waals surface area contributed by atoms with Crippen molar-refractivity contribution < 1.29 is 4.74 Å². The van der Waals surface area contributed by atoms with E-state index in [1.165, 1.54) is 12.8 Å². The van der Waals surface area contributed by atoms with Gasteiger partial charge >= 0.3 is 0 Å². The molecular weight excluding hydrogens is 190 g/mol. The van der Waals surface area contributed by atoms with E-state index in [4.69, 9.17) is 15.7 Å². The standard InChI is InChI=1S/C11H15N3O/c1-15-11-10(13)6-9(7-12)14(11)8-4-2-3-5-8/h6,8H,2-5,13H2,1H3. The van der Waals surface area contributed by atoms with Crippen molar-refractivity contribution in [1.82, 2.24) is 4.57 Å². The maximum Gasteiger partial charge on any atom is 0.218 e. The van der Waals surface area contributed by atoms with Crippen molar-refractivity contribution in [3.05, 3.63) is 11.8 Å². The molecule has 0 amide bonds. The quantitative estimate of drug-likeness (QED) is 0.803. The molecule has 0 unspecified atom stereocenters. The second-order valence-electron chi connectivity index (χ2n) is 3.91. The Kier molecular flexibility index (Phi) is 2.55. The van der Waals surface area contributed by atoms with Crippen LogP contribution in [0.5, 0.6) is 5.88 Å². The van der Waals surface area contributed by atoms with Gasteiger partial charge in [-0.05, 0) is 12.8 Å². The summed E-state index contributed by atoms with van der Waals surface area (Å²) in [7, 11) is 1.60. The van der Waals surface area contributed by atoms with Gasteiger partial charge in [0.25, 0.3) is 0 Å². The Morgan fingerprint density at radius 3 is 2.73 bits per heavy atom. The molecule has 0 saturated heterocycles. The Balaban J connectivity index is 2.46. The van der Waals surface area contributed by atoms with Gasteiger partial charge in [0.2, 0.25) is 5.88 Å². The fourth-order valence-electron chi connectivity index (χ4n) is 2.35. The van der Waals surface area contributed by atoms with Crippen LogP contribution in [0.1, 0.15) is 37.4 Å². The van der Waals surface area contributed by atoms with Gasteiger partial charge in [0.15, 0.2) is 0 Å². The highest BCUT2D eigenvalue weighted by Gasteiger charge is 2.24. The predicted molar refractivity (Wildman–Crippen MR) is 57.6 cm³/mol. The summed E-state index contributed by atoms with van der Waals surface area (Å²) in [4.78, 5) is 0. The van der Waals surface area contributed by atoms with E-state index in [-0.39, 0.29) is 0 Å². The minimum absolute atomic E-state index is 0.381. The van der Waals surface area contributed by atoms with E-state index < -0.39 is 0 Å². The molecule has 1 saturated carbocycles. The minimum atomic E-state index is 0.381. The highest BCUT2D eigenvalue weighted by atomic mass is 16.5. The van der Waals surface area contributed by atoms with Crippen molar-refractivity contribution in [3.63, 3.8) is 0 Å². The summed E-state index contributed by atoms with van der Waals surface area (Å²) in [6, 6.07) is 4.24. The first-order valence-electron chi connectivity index (χ1n) is 5.22. The fourth-order valence-corrected chi connectivity index (χ4v) is 2.35. The Hall–Kier alpha value is -1.63. The number of hydrogen-bond acceptors (Lipinski definition) is 3. The number of nitrogens with zero attached hydrogens (tertiary/aromatic N) is 2. The van der Waals surface area contributed by atoms with Crippen molar-refractivity contribution in [3.8, 4) is 11.9 Å². The topological polar surface area (TPSA) is 64.0 Å². The van der Waals surface area contributed by atoms with Crippen LogP contribution in [0.4, 0.5) is 5.69 Å². The first kappa shape index (κ1) is 9.91. The summed E-state index contributed by atoms with van der Waals surface area (Å²) in [5, 5.41) is 9.03. The molecule has 1 aromatic heterocycles. The van der Waals surface area contributed by atoms with Gasteiger partial charge in [-0.15, -0.1) is 0 Å². The lowest BCUT2D eigenvalue weighted by molar-refractivity contribution is 0.351. The number of nitrogen functional groups attached to an aromatic ring is 1. The lowest BCUT2D eigenvalue weighted by Gasteiger charge is -2.16. The zero-order chi connectivity index (χ0) is 10.8. The van der Waals surface area contributed by atoms with Crippen molar-refractivity contribution in [2.45, 2.75) is 31.7 Å². The zero-order valence-corrected chi connectivity index (χ0v) is 8.86. The molecule has 15 heavy (non-hydrogen) atoms. The van der Waals surface area contributed by atoms with Crippen LogP contribution in [0.3, 0.4) is 0 Å². The molecule has 1 aliphatic carbocycles. The summed E-state index contributed by atoms with van der Waals surface area (Å²) in [6.45, 7) is 0. The molecule has 0 spiro atoms. The average Bonchev–Trinajstić information content (AvgIpc) is 2.83. The van der Waals surface area contributed by atoms with Crippen LogP contribution in [0.15, 0.2) is 6.07 Å². The second kappa shape index (κ2) is 3.85. The average molecular weight is 205 g/mol. The summed E-state index contributed by atoms with van der Waals surface area (Å²) >= 11 is 0. The van der Waals surface area contributed by atoms with Gasteiger partial charge in [-0.1, -0.05) is 12.8 Å². The lowest BCUT2D eigenvalue weighted by atomic mass is 10.2. The normalized spacial score (nSPS) is 16.5. The molecule has 2 rings (SSSR count). The molecule has 4 nitrogen and oxygen atoms in total. The third-order valence-corrected chi connectivity index (χ3v) is 3.02. The van der Waals surface area contributed by atoms with Crippen LogP contribution < -0.4 is 10.5 Å². The fraction of sp³-hybridized carbons (Fsp3) is 0.545. The Labute approximate surface area is 89.2 Å². The molecule has 1 fully saturated rings. The maximum atomic E-state index is 9.03. The second-order valence-corrected chi connectivity index (χ2v) is 3.91. The van der Waals surface area contributed by atoms with Gasteiger partial charge in [-0.3, -0.25) is 4.57 Å². The third-order valence-electron chi connectivity index (χ3n) is 3.02. The Morgan fingerprint density at radius 1 is 1.53 bits per heavy atom. The molecule has 4 heteroatoms. The number of nitriles is 1. The number of anilines is 1. The van der Waals surface area contributed by atoms with E-state index >= 15 is 0 Å². The monoisotopic (exact) mass is 205 g/mol. The number of rotatable bonds is 2. The van der Waals surface area contributed by atoms with Crippen LogP contribution >= 0.6 is 0 Å². The van der Waals surface area contributed by atoms with E-state index in [9.17, 15) is 0 Å². The van der Waals surface area contributed by atoms with Gasteiger partial charge in [0.1, 0.15) is 11.8 Å². The molecule has 1 aromatic rings. The molecule has 1 aliphatic rings. The summed E-state index contributed by atoms with van der Waals surface area (Å²) < 4.78 is 7.20. The van der Waals surface area contributed by atoms with E-state index in [0.717, 1.165) is 12.8 Å². The molecule has 80 valence electrons. The first-order valence-corrected chi connectivity index (χ1v) is 5.22. The molecule has 0 aliphatic heterocycles. The van der Waals surface area contributed by atoms with Gasteiger partial charge in [-0.2, -0.15) is 5.26 Å². The Morgan fingerprint density at radius 2 is 2.20 bits per heavy atom. The molecule has 0 bridgehead atoms. The molecule has 0 aromatic carbocycles. The van der Waals surface area contributed by atoms with Crippen molar-refractivity contribution in [2.24, 2.45) is 0 Å². The number of ether oxygens (including phenoxy) is 1. The van der Waals surface area contributed by atoms with Crippen molar-refractivity contribution in [2.75, 3.05) is 12.8 Å². The molecule has 2 N–H and O–H groups in total. The van der Waals surface area contributed by atoms with Crippen LogP contribution in [-0.4, -0.2) is 11.7 Å². The lowest BCUT2D eigenvalue weighted by Crippen LogP contribution is -2.09. The summed E-state index contributed by atoms with van der Waals surface area (Å²) in [5.74, 6) is 0.637. The van der Waals surface area contributed by atoms with E-state index in [0.29, 0.717) is 23.3 Å². The zero-order valence-electron chi connectivity index (χ0n) is 8.86. The van der Waals surface area contributed by atoms with Crippen LogP contribution in [0, 0.1) is 11.3 Å². The number of hydrogen-bond donors (Lipinski definition) is 1. The van der Waals surface area contributed by atoms with Gasteiger partial charge in [0, 0.05) is 12.1 Å². The summed E-state index contributed by atoms with van der Waals surface area (Å²) in [6.07, 6.45) is 4.66. The van der Waals surface area contributed by atoms with Crippen LogP contribution in [0.2, 0.25) is 0 Å². The van der Waals surface area contributed by atoms with E-state index in [2.05, 4.69) is 6.07 Å². The summed E-state index contributed by atoms with van der Waals surface area (Å²) in [5.41, 5.74) is 6.96. The SMILES string of the molecule is COc1c(N)cc(C#N)n1C1CCCC1. The van der Waals surface area contributed by atoms with Gasteiger partial charge in [0.05, 0.1) is 12.8 Å². The number of methoxy groups -OCH3 is 1. The van der Waals surface area contributed by atoms with E-state index in [1.54, 1.807) is 13.2 Å².